The fourth-order valence-electron chi connectivity index (χ4n) is 3.46. The molecule has 1 heterocycles. The lowest BCUT2D eigenvalue weighted by Crippen LogP contribution is -2.51. The van der Waals surface area contributed by atoms with E-state index >= 15 is 0 Å². The topological polar surface area (TPSA) is 146 Å². The van der Waals surface area contributed by atoms with E-state index in [-0.39, 0.29) is 36.5 Å². The summed E-state index contributed by atoms with van der Waals surface area (Å²) < 4.78 is 24.1. The summed E-state index contributed by atoms with van der Waals surface area (Å²) in [5, 5.41) is 5.42. The molecule has 2 N–H and O–H groups in total. The van der Waals surface area contributed by atoms with Crippen molar-refractivity contribution in [1.82, 2.24) is 0 Å². The number of esters is 3. The highest BCUT2D eigenvalue weighted by Gasteiger charge is 2.41. The molecule has 0 spiro atoms. The lowest BCUT2D eigenvalue weighted by atomic mass is 10.0. The van der Waals surface area contributed by atoms with Crippen molar-refractivity contribution in [3.8, 4) is 0 Å². The molecular formula is C25H31I3N2O9. The van der Waals surface area contributed by atoms with Gasteiger partial charge < -0.3 is 29.6 Å². The van der Waals surface area contributed by atoms with E-state index in [9.17, 15) is 24.0 Å². The van der Waals surface area contributed by atoms with Crippen LogP contribution in [0, 0.1) is 22.5 Å². The van der Waals surface area contributed by atoms with Crippen molar-refractivity contribution in [2.45, 2.75) is 66.3 Å². The zero-order valence-corrected chi connectivity index (χ0v) is 28.8. The normalized spacial score (nSPS) is 18.9. The SMILES string of the molecule is CC(=O)Nc1c(I)c(NC(C)=O)c(I)c(C(=O)OC[C@H]2OCC[C@@H](OC(=O)C(C)C)[C@@H]2OC(=O)C(C)C)c1I. The maximum Gasteiger partial charge on any atom is 0.340 e. The third kappa shape index (κ3) is 9.11. The van der Waals surface area contributed by atoms with Crippen LogP contribution in [-0.2, 0) is 38.1 Å². The van der Waals surface area contributed by atoms with Crippen molar-refractivity contribution >= 4 is 109 Å². The lowest BCUT2D eigenvalue weighted by molar-refractivity contribution is -0.203. The Labute approximate surface area is 268 Å². The molecular weight excluding hydrogens is 853 g/mol. The predicted molar refractivity (Wildman–Crippen MR) is 167 cm³/mol. The van der Waals surface area contributed by atoms with Gasteiger partial charge in [0.05, 0.1) is 46.1 Å². The number of ether oxygens (including phenoxy) is 4. The number of anilines is 2. The minimum atomic E-state index is -0.983. The first-order valence-electron chi connectivity index (χ1n) is 12.1. The average molecular weight is 884 g/mol. The van der Waals surface area contributed by atoms with E-state index < -0.39 is 42.1 Å². The van der Waals surface area contributed by atoms with Gasteiger partial charge in [-0.15, -0.1) is 0 Å². The van der Waals surface area contributed by atoms with Crippen LogP contribution in [0.5, 0.6) is 0 Å². The van der Waals surface area contributed by atoms with Crippen molar-refractivity contribution in [1.29, 1.82) is 0 Å². The van der Waals surface area contributed by atoms with E-state index in [4.69, 9.17) is 18.9 Å². The summed E-state index contributed by atoms with van der Waals surface area (Å²) in [6.07, 6.45) is -2.33. The summed E-state index contributed by atoms with van der Waals surface area (Å²) in [6, 6.07) is 0. The molecule has 2 amide bonds. The second-order valence-electron chi connectivity index (χ2n) is 9.41. The van der Waals surface area contributed by atoms with E-state index in [2.05, 4.69) is 10.6 Å². The predicted octanol–water partition coefficient (Wildman–Crippen LogP) is 4.50. The Bertz CT molecular complexity index is 1100. The van der Waals surface area contributed by atoms with Crippen LogP contribution in [-0.4, -0.2) is 61.2 Å². The minimum Gasteiger partial charge on any atom is -0.459 e. The summed E-state index contributed by atoms with van der Waals surface area (Å²) in [6.45, 7) is 9.32. The monoisotopic (exact) mass is 884 g/mol. The van der Waals surface area contributed by atoms with Gasteiger partial charge in [-0.1, -0.05) is 27.7 Å². The highest BCUT2D eigenvalue weighted by Crippen LogP contribution is 2.39. The second-order valence-corrected chi connectivity index (χ2v) is 12.6. The third-order valence-electron chi connectivity index (χ3n) is 5.43. The van der Waals surface area contributed by atoms with Crippen LogP contribution >= 0.6 is 67.8 Å². The number of benzene rings is 1. The molecule has 0 saturated carbocycles. The van der Waals surface area contributed by atoms with Crippen molar-refractivity contribution in [2.75, 3.05) is 23.8 Å². The number of rotatable bonds is 9. The van der Waals surface area contributed by atoms with Crippen LogP contribution in [0.2, 0.25) is 0 Å². The van der Waals surface area contributed by atoms with E-state index in [0.29, 0.717) is 28.5 Å². The summed E-state index contributed by atoms with van der Waals surface area (Å²) in [5.41, 5.74) is 0.856. The van der Waals surface area contributed by atoms with Gasteiger partial charge in [0.1, 0.15) is 18.8 Å². The van der Waals surface area contributed by atoms with Crippen molar-refractivity contribution in [2.24, 2.45) is 11.8 Å². The lowest BCUT2D eigenvalue weighted by Gasteiger charge is -2.37. The van der Waals surface area contributed by atoms with Gasteiger partial charge in [0, 0.05) is 20.3 Å². The van der Waals surface area contributed by atoms with E-state index in [0.717, 1.165) is 0 Å². The molecule has 1 aromatic rings. The maximum atomic E-state index is 13.4. The largest absolute Gasteiger partial charge is 0.459 e. The Balaban J connectivity index is 2.39. The molecule has 216 valence electrons. The van der Waals surface area contributed by atoms with Gasteiger partial charge in [-0.3, -0.25) is 19.2 Å². The first-order valence-corrected chi connectivity index (χ1v) is 15.3. The van der Waals surface area contributed by atoms with Gasteiger partial charge in [-0.2, -0.15) is 0 Å². The number of carbonyl (C=O) groups is 5. The molecule has 11 nitrogen and oxygen atoms in total. The Morgan fingerprint density at radius 1 is 0.846 bits per heavy atom. The molecule has 1 saturated heterocycles. The molecule has 0 aromatic heterocycles. The molecule has 1 aromatic carbocycles. The highest BCUT2D eigenvalue weighted by atomic mass is 127. The number of nitrogens with one attached hydrogen (secondary N) is 2. The second kappa shape index (κ2) is 15.1. The van der Waals surface area contributed by atoms with Gasteiger partial charge in [-0.25, -0.2) is 4.79 Å². The van der Waals surface area contributed by atoms with Crippen LogP contribution in [0.25, 0.3) is 0 Å². The zero-order chi connectivity index (χ0) is 29.6. The quantitative estimate of drug-likeness (QED) is 0.208. The van der Waals surface area contributed by atoms with Crippen LogP contribution in [0.4, 0.5) is 11.4 Å². The summed E-state index contributed by atoms with van der Waals surface area (Å²) in [7, 11) is 0. The average Bonchev–Trinajstić information content (AvgIpc) is 2.84. The van der Waals surface area contributed by atoms with E-state index in [1.54, 1.807) is 27.7 Å². The minimum absolute atomic E-state index is 0.137. The smallest absolute Gasteiger partial charge is 0.340 e. The summed E-state index contributed by atoms with van der Waals surface area (Å²) in [4.78, 5) is 61.9. The van der Waals surface area contributed by atoms with E-state index in [1.165, 1.54) is 13.8 Å². The molecule has 0 bridgehead atoms. The first-order chi connectivity index (χ1) is 18.1. The highest BCUT2D eigenvalue weighted by molar-refractivity contribution is 14.1. The number of amides is 2. The molecule has 0 aliphatic carbocycles. The van der Waals surface area contributed by atoms with Crippen LogP contribution < -0.4 is 10.6 Å². The van der Waals surface area contributed by atoms with Crippen LogP contribution in [0.1, 0.15) is 58.3 Å². The van der Waals surface area contributed by atoms with Crippen LogP contribution in [0.3, 0.4) is 0 Å². The molecule has 39 heavy (non-hydrogen) atoms. The van der Waals surface area contributed by atoms with E-state index in [1.807, 2.05) is 67.8 Å². The summed E-state index contributed by atoms with van der Waals surface area (Å²) >= 11 is 5.87. The molecule has 0 radical (unpaired) electrons. The van der Waals surface area contributed by atoms with Crippen molar-refractivity contribution in [3.05, 3.63) is 16.3 Å². The third-order valence-corrected chi connectivity index (χ3v) is 8.67. The molecule has 1 fully saturated rings. The number of hydrogen-bond acceptors (Lipinski definition) is 9. The van der Waals surface area contributed by atoms with Crippen molar-refractivity contribution in [3.63, 3.8) is 0 Å². The Kier molecular flexibility index (Phi) is 13.1. The molecule has 3 atom stereocenters. The van der Waals surface area contributed by atoms with Gasteiger partial charge in [0.25, 0.3) is 0 Å². The molecule has 1 aliphatic rings. The Hall–Kier alpha value is -1.28. The fraction of sp³-hybridized carbons (Fsp3) is 0.560. The molecule has 14 heteroatoms. The molecule has 1 aliphatic heterocycles. The van der Waals surface area contributed by atoms with Crippen LogP contribution in [0.15, 0.2) is 0 Å². The zero-order valence-electron chi connectivity index (χ0n) is 22.3. The van der Waals surface area contributed by atoms with Gasteiger partial charge in [0.15, 0.2) is 6.10 Å². The number of hydrogen-bond donors (Lipinski definition) is 2. The number of carbonyl (C=O) groups excluding carboxylic acids is 5. The van der Waals surface area contributed by atoms with Gasteiger partial charge >= 0.3 is 17.9 Å². The first kappa shape index (κ1) is 33.9. The fourth-order valence-corrected chi connectivity index (χ4v) is 7.60. The summed E-state index contributed by atoms with van der Waals surface area (Å²) in [5.74, 6) is -3.22. The molecule has 2 rings (SSSR count). The Morgan fingerprint density at radius 2 is 1.33 bits per heavy atom. The Morgan fingerprint density at radius 3 is 1.79 bits per heavy atom. The van der Waals surface area contributed by atoms with Gasteiger partial charge in [-0.05, 0) is 67.8 Å². The van der Waals surface area contributed by atoms with Crippen molar-refractivity contribution < 1.29 is 42.9 Å². The van der Waals surface area contributed by atoms with Gasteiger partial charge in [0.2, 0.25) is 11.8 Å². The number of halogens is 3. The maximum absolute atomic E-state index is 13.4. The standard InChI is InChI=1S/C25H31I3N2O9/c1-10(2)23(33)38-14-7-8-36-15(22(14)39-24(34)11(3)4)9-37-25(35)16-17(26)20(29-12(5)31)19(28)21(18(16)27)30-13(6)32/h10-11,14-15,22H,7-9H2,1-6H3,(H,29,31)(H,30,32)/t14-,15-,22+/m1/s1. The molecule has 0 unspecified atom stereocenters.